The van der Waals surface area contributed by atoms with Gasteiger partial charge in [0.1, 0.15) is 13.2 Å². The lowest BCUT2D eigenvalue weighted by molar-refractivity contribution is -0.166. The van der Waals surface area contributed by atoms with Gasteiger partial charge in [-0.05, 0) is 89.9 Å². The minimum atomic E-state index is -0.815. The van der Waals surface area contributed by atoms with Gasteiger partial charge in [-0.2, -0.15) is 0 Å². The van der Waals surface area contributed by atoms with Crippen LogP contribution in [0.5, 0.6) is 0 Å². The van der Waals surface area contributed by atoms with Gasteiger partial charge in [-0.25, -0.2) is 0 Å². The van der Waals surface area contributed by atoms with Crippen LogP contribution in [0.3, 0.4) is 0 Å². The van der Waals surface area contributed by atoms with E-state index in [0.717, 1.165) is 77.0 Å². The van der Waals surface area contributed by atoms with Crippen molar-refractivity contribution in [3.8, 4) is 0 Å². The number of ether oxygens (including phenoxy) is 3. The lowest BCUT2D eigenvalue weighted by atomic mass is 10.1. The quantitative estimate of drug-likeness (QED) is 0.0199. The molecule has 0 aromatic rings. The Labute approximate surface area is 419 Å². The topological polar surface area (TPSA) is 78.9 Å². The van der Waals surface area contributed by atoms with Gasteiger partial charge in [-0.15, -0.1) is 0 Å². The Morgan fingerprint density at radius 3 is 1.07 bits per heavy atom. The summed E-state index contributed by atoms with van der Waals surface area (Å²) in [6.07, 6.45) is 74.0. The molecule has 0 heterocycles. The zero-order valence-electron chi connectivity index (χ0n) is 44.3. The lowest BCUT2D eigenvalue weighted by Crippen LogP contribution is -2.30. The minimum absolute atomic E-state index is 0.107. The largest absolute Gasteiger partial charge is 0.462 e. The van der Waals surface area contributed by atoms with Gasteiger partial charge in [0.05, 0.1) is 0 Å². The van der Waals surface area contributed by atoms with Gasteiger partial charge in [0, 0.05) is 19.3 Å². The maximum atomic E-state index is 12.8. The molecule has 0 aliphatic carbocycles. The molecule has 0 aromatic carbocycles. The molecule has 6 heteroatoms. The van der Waals surface area contributed by atoms with E-state index < -0.39 is 6.10 Å². The van der Waals surface area contributed by atoms with E-state index in [-0.39, 0.29) is 44.0 Å². The van der Waals surface area contributed by atoms with E-state index in [1.807, 2.05) is 6.08 Å². The molecule has 0 aliphatic rings. The third-order valence-corrected chi connectivity index (χ3v) is 11.9. The van der Waals surface area contributed by atoms with Gasteiger partial charge in [-0.1, -0.05) is 246 Å². The molecule has 0 saturated carbocycles. The van der Waals surface area contributed by atoms with Crippen molar-refractivity contribution < 1.29 is 28.6 Å². The van der Waals surface area contributed by atoms with Crippen molar-refractivity contribution in [2.45, 2.75) is 264 Å². The van der Waals surface area contributed by atoms with Crippen molar-refractivity contribution in [1.29, 1.82) is 0 Å². The Hall–Kier alpha value is -3.67. The molecule has 0 N–H and O–H groups in total. The fourth-order valence-electron chi connectivity index (χ4n) is 7.62. The fraction of sp³-hybridized carbons (Fsp3) is 0.694. The van der Waals surface area contributed by atoms with E-state index in [4.69, 9.17) is 14.2 Å². The zero-order chi connectivity index (χ0) is 49.3. The third-order valence-electron chi connectivity index (χ3n) is 11.9. The van der Waals surface area contributed by atoms with Crippen LogP contribution in [-0.2, 0) is 28.6 Å². The van der Waals surface area contributed by atoms with E-state index >= 15 is 0 Å². The second-order valence-electron chi connectivity index (χ2n) is 18.6. The molecular formula is C62H104O6. The van der Waals surface area contributed by atoms with E-state index in [1.165, 1.54) is 135 Å². The molecule has 1 atom stereocenters. The predicted molar refractivity (Wildman–Crippen MR) is 293 cm³/mol. The van der Waals surface area contributed by atoms with Crippen molar-refractivity contribution in [2.24, 2.45) is 0 Å². The fourth-order valence-corrected chi connectivity index (χ4v) is 7.62. The van der Waals surface area contributed by atoms with Gasteiger partial charge < -0.3 is 14.2 Å². The Balaban J connectivity index is 4.48. The SMILES string of the molecule is CCCCC/C=C/C=C/C=C/C=C/CCCCCCCC(=O)OC(COC(=O)CC/C=C/C/C=C/CCCCCCCC)COC(=O)CCCCCCCCCCCC/C=C/C=C/CCCCC. The average Bonchev–Trinajstić information content (AvgIpc) is 3.34. The standard InChI is InChI=1S/C62H104O6/c1-4-7-10-13-16-19-22-25-27-29-31-33-34-37-40-43-46-49-52-55-61(64)67-58-59(57-66-60(63)54-51-48-45-42-39-36-24-21-18-15-12-9-6-3)68-62(65)56-53-50-47-44-41-38-35-32-30-28-26-23-20-17-14-11-8-5-2/h16-17,19-20,22-23,25-26,28,30,32,35-36,39,45,48,59H,4-15,18,21,24,27,29,31,33-34,37-38,40-44,46-47,49-58H2,1-3H3/b19-16+,20-17+,25-22+,26-23+,30-28+,35-32+,39-36+,48-45+. The van der Waals surface area contributed by atoms with Crippen LogP contribution >= 0.6 is 0 Å². The molecule has 388 valence electrons. The first kappa shape index (κ1) is 64.3. The van der Waals surface area contributed by atoms with Crippen molar-refractivity contribution in [3.63, 3.8) is 0 Å². The number of unbranched alkanes of at least 4 members (excludes halogenated alkanes) is 27. The highest BCUT2D eigenvalue weighted by molar-refractivity contribution is 5.71. The molecule has 0 aromatic heterocycles. The second-order valence-corrected chi connectivity index (χ2v) is 18.6. The number of rotatable bonds is 50. The Kier molecular flexibility index (Phi) is 52.9. The second kappa shape index (κ2) is 55.9. The molecule has 0 amide bonds. The molecule has 68 heavy (non-hydrogen) atoms. The van der Waals surface area contributed by atoms with Gasteiger partial charge in [0.25, 0.3) is 0 Å². The van der Waals surface area contributed by atoms with Crippen LogP contribution in [0.2, 0.25) is 0 Å². The van der Waals surface area contributed by atoms with Crippen LogP contribution in [0, 0.1) is 0 Å². The van der Waals surface area contributed by atoms with Gasteiger partial charge in [0.15, 0.2) is 6.10 Å². The highest BCUT2D eigenvalue weighted by Gasteiger charge is 2.19. The summed E-state index contributed by atoms with van der Waals surface area (Å²) in [6, 6.07) is 0. The molecule has 0 rings (SSSR count). The number of carbonyl (C=O) groups excluding carboxylic acids is 3. The summed E-state index contributed by atoms with van der Waals surface area (Å²) in [7, 11) is 0. The van der Waals surface area contributed by atoms with Crippen molar-refractivity contribution >= 4 is 17.9 Å². The van der Waals surface area contributed by atoms with Crippen LogP contribution < -0.4 is 0 Å². The molecule has 0 spiro atoms. The van der Waals surface area contributed by atoms with E-state index in [2.05, 4.69) is 112 Å². The molecule has 1 unspecified atom stereocenters. The van der Waals surface area contributed by atoms with E-state index in [1.54, 1.807) is 0 Å². The van der Waals surface area contributed by atoms with E-state index in [0.29, 0.717) is 12.8 Å². The Morgan fingerprint density at radius 2 is 0.618 bits per heavy atom. The van der Waals surface area contributed by atoms with Gasteiger partial charge in [0.2, 0.25) is 0 Å². The molecule has 0 fully saturated rings. The number of hydrogen-bond donors (Lipinski definition) is 0. The Morgan fingerprint density at radius 1 is 0.309 bits per heavy atom. The van der Waals surface area contributed by atoms with Crippen LogP contribution in [0.1, 0.15) is 258 Å². The number of esters is 3. The van der Waals surface area contributed by atoms with Crippen molar-refractivity contribution in [1.82, 2.24) is 0 Å². The first-order valence-corrected chi connectivity index (χ1v) is 28.3. The number of hydrogen-bond acceptors (Lipinski definition) is 6. The normalized spacial score (nSPS) is 12.8. The monoisotopic (exact) mass is 945 g/mol. The summed E-state index contributed by atoms with van der Waals surface area (Å²) in [6.45, 7) is 6.49. The van der Waals surface area contributed by atoms with Crippen LogP contribution in [0.4, 0.5) is 0 Å². The summed E-state index contributed by atoms with van der Waals surface area (Å²) in [5.41, 5.74) is 0. The number of carbonyl (C=O) groups is 3. The third kappa shape index (κ3) is 53.3. The van der Waals surface area contributed by atoms with E-state index in [9.17, 15) is 14.4 Å². The number of allylic oxidation sites excluding steroid dienone is 16. The maximum absolute atomic E-state index is 12.8. The molecular weight excluding hydrogens is 841 g/mol. The molecule has 0 bridgehead atoms. The van der Waals surface area contributed by atoms with Crippen molar-refractivity contribution in [2.75, 3.05) is 13.2 Å². The molecule has 0 radical (unpaired) electrons. The summed E-state index contributed by atoms with van der Waals surface area (Å²) < 4.78 is 16.8. The predicted octanol–water partition coefficient (Wildman–Crippen LogP) is 18.9. The maximum Gasteiger partial charge on any atom is 0.306 e. The highest BCUT2D eigenvalue weighted by atomic mass is 16.6. The van der Waals surface area contributed by atoms with Gasteiger partial charge >= 0.3 is 17.9 Å². The smallest absolute Gasteiger partial charge is 0.306 e. The summed E-state index contributed by atoms with van der Waals surface area (Å²) >= 11 is 0. The Bertz CT molecular complexity index is 1360. The zero-order valence-corrected chi connectivity index (χ0v) is 44.3. The summed E-state index contributed by atoms with van der Waals surface area (Å²) in [5, 5.41) is 0. The molecule has 0 saturated heterocycles. The van der Waals surface area contributed by atoms with Crippen LogP contribution in [-0.4, -0.2) is 37.2 Å². The first-order valence-electron chi connectivity index (χ1n) is 28.3. The van der Waals surface area contributed by atoms with Crippen molar-refractivity contribution in [3.05, 3.63) is 97.2 Å². The highest BCUT2D eigenvalue weighted by Crippen LogP contribution is 2.14. The van der Waals surface area contributed by atoms with Gasteiger partial charge in [-0.3, -0.25) is 14.4 Å². The first-order chi connectivity index (χ1) is 33.5. The summed E-state index contributed by atoms with van der Waals surface area (Å²) in [4.78, 5) is 38.1. The lowest BCUT2D eigenvalue weighted by Gasteiger charge is -2.18. The van der Waals surface area contributed by atoms with Crippen LogP contribution in [0.25, 0.3) is 0 Å². The average molecular weight is 946 g/mol. The minimum Gasteiger partial charge on any atom is -0.462 e. The summed E-state index contributed by atoms with van der Waals surface area (Å²) in [5.74, 6) is -1.00. The molecule has 0 aliphatic heterocycles. The molecule has 6 nitrogen and oxygen atoms in total. The van der Waals surface area contributed by atoms with Crippen LogP contribution in [0.15, 0.2) is 97.2 Å².